The van der Waals surface area contributed by atoms with E-state index in [0.29, 0.717) is 49.9 Å². The third kappa shape index (κ3) is 12.2. The molecular weight excluding hydrogens is 945 g/mol. The Bertz CT molecular complexity index is 2900. The number of aryl methyl sites for hydroxylation is 1. The number of allylic oxidation sites excluding steroid dienone is 1. The number of thiazole rings is 1. The predicted octanol–water partition coefficient (Wildman–Crippen LogP) is 9.04. The number of aliphatic imine (C=N–C) groups is 1. The van der Waals surface area contributed by atoms with Crippen LogP contribution in [0, 0.1) is 12.8 Å². The molecule has 8 rings (SSSR count). The van der Waals surface area contributed by atoms with Gasteiger partial charge in [0.2, 0.25) is 11.8 Å². The van der Waals surface area contributed by atoms with Gasteiger partial charge in [0.05, 0.1) is 41.4 Å². The van der Waals surface area contributed by atoms with E-state index < -0.39 is 23.6 Å². The Balaban J connectivity index is 0.761. The molecule has 1 fully saturated rings. The van der Waals surface area contributed by atoms with Crippen LogP contribution in [0.3, 0.4) is 0 Å². The normalized spacial score (nSPS) is 18.3. The Hall–Kier alpha value is -7.14. The fraction of sp³-hybridized carbons (Fsp3) is 0.368. The van der Waals surface area contributed by atoms with E-state index >= 15 is 0 Å². The molecule has 4 heterocycles. The molecule has 3 N–H and O–H groups in total. The summed E-state index contributed by atoms with van der Waals surface area (Å²) in [7, 11) is 1.76. The number of carbonyl (C=O) groups excluding carboxylic acids is 3. The number of nitrogens with one attached hydrogen (secondary N) is 1. The largest absolute Gasteiger partial charge is 0.508 e. The first-order valence-electron chi connectivity index (χ1n) is 24.9. The molecule has 0 aliphatic carbocycles. The van der Waals surface area contributed by atoms with Gasteiger partial charge >= 0.3 is 0 Å². The molecule has 0 bridgehead atoms. The number of hydrogen-bond donors (Lipinski definition) is 3. The van der Waals surface area contributed by atoms with E-state index in [-0.39, 0.29) is 61.4 Å². The lowest BCUT2D eigenvalue weighted by molar-refractivity contribution is -0.134. The Labute approximate surface area is 430 Å². The van der Waals surface area contributed by atoms with Gasteiger partial charge in [0.1, 0.15) is 42.0 Å². The van der Waals surface area contributed by atoms with Crippen LogP contribution in [0.5, 0.6) is 17.4 Å². The number of aromatic nitrogens is 2. The maximum atomic E-state index is 14.4. The average molecular weight is 1010 g/mol. The minimum atomic E-state index is -1.15. The zero-order chi connectivity index (χ0) is 51.6. The summed E-state index contributed by atoms with van der Waals surface area (Å²) >= 11 is 1.56. The van der Waals surface area contributed by atoms with Crippen LogP contribution in [0.1, 0.15) is 93.0 Å². The van der Waals surface area contributed by atoms with Gasteiger partial charge in [-0.3, -0.25) is 14.4 Å². The number of ether oxygens (including phenoxy) is 3. The number of hydrogen-bond acceptors (Lipinski definition) is 13. The molecule has 2 aliphatic rings. The second-order valence-electron chi connectivity index (χ2n) is 19.0. The van der Waals surface area contributed by atoms with Crippen molar-refractivity contribution in [3.63, 3.8) is 0 Å². The van der Waals surface area contributed by atoms with E-state index in [2.05, 4.69) is 39.5 Å². The first-order valence-corrected chi connectivity index (χ1v) is 25.7. The highest BCUT2D eigenvalue weighted by Crippen LogP contribution is 2.38. The SMILES string of the molecule is CC/C(=C(\c1ccc(O)cc1)c1ccc(OCCN(C)C(=O)CCCOCCOc2cc([C@H](C(=O)N3C[C@H](O)C[C@H]3C3=NC(=O)[C@](C)(c4ccc(-c5scnc5C)cc4)N3)C(C)C)on2)cc1)c1ccccc1. The number of benzene rings is 4. The number of likely N-dealkylation sites (N-methyl/N-ethyl adjacent to an activating group) is 1. The van der Waals surface area contributed by atoms with Gasteiger partial charge in [0.15, 0.2) is 5.76 Å². The van der Waals surface area contributed by atoms with Gasteiger partial charge in [0.25, 0.3) is 11.8 Å². The summed E-state index contributed by atoms with van der Waals surface area (Å²) in [5.74, 6) is 0.150. The molecule has 73 heavy (non-hydrogen) atoms. The lowest BCUT2D eigenvalue weighted by Gasteiger charge is -2.31. The van der Waals surface area contributed by atoms with E-state index in [9.17, 15) is 24.6 Å². The number of phenols is 1. The molecule has 6 aromatic rings. The standard InChI is InChI=1S/C57H64N6O9S/c1-7-46(38-12-9-8-10-13-38)52(39-17-23-43(64)24-18-39)40-19-25-45(26-20-40)70-29-27-62(6)50(66)14-11-28-69-30-31-71-49-33-48(72-61-49)51(36(2)3)55(67)63-34-44(65)32-47(63)54-59-56(68)57(5,60-54)42-21-15-41(16-22-42)53-37(4)58-35-73-53/h8-10,12-13,15-26,33,35-36,44,47,51,64-65H,7,11,14,27-32,34H2,1-6H3,(H,59,60,68)/b52-46-/t44-,47+,51-,57+/m1/s1. The molecule has 2 aliphatic heterocycles. The number of amides is 3. The molecule has 1 saturated heterocycles. The topological polar surface area (TPSA) is 189 Å². The van der Waals surface area contributed by atoms with Crippen LogP contribution in [0.15, 0.2) is 124 Å². The lowest BCUT2D eigenvalue weighted by atomic mass is 9.88. The van der Waals surface area contributed by atoms with Crippen LogP contribution in [0.2, 0.25) is 0 Å². The summed E-state index contributed by atoms with van der Waals surface area (Å²) in [4.78, 5) is 53.9. The molecule has 15 nitrogen and oxygen atoms in total. The Morgan fingerprint density at radius 3 is 2.32 bits per heavy atom. The van der Waals surface area contributed by atoms with Crippen molar-refractivity contribution >= 4 is 46.0 Å². The van der Waals surface area contributed by atoms with E-state index in [1.54, 1.807) is 53.3 Å². The zero-order valence-electron chi connectivity index (χ0n) is 42.2. The fourth-order valence-electron chi connectivity index (χ4n) is 9.44. The third-order valence-corrected chi connectivity index (χ3v) is 14.5. The van der Waals surface area contributed by atoms with Gasteiger partial charge in [-0.1, -0.05) is 99.6 Å². The van der Waals surface area contributed by atoms with Crippen molar-refractivity contribution in [1.29, 1.82) is 0 Å². The summed E-state index contributed by atoms with van der Waals surface area (Å²) in [5, 5.41) is 28.2. The number of amidine groups is 1. The maximum Gasteiger partial charge on any atom is 0.277 e. The third-order valence-electron chi connectivity index (χ3n) is 13.5. The highest BCUT2D eigenvalue weighted by molar-refractivity contribution is 7.13. The van der Waals surface area contributed by atoms with Crippen LogP contribution in [0.25, 0.3) is 21.6 Å². The number of aliphatic hydroxyl groups excluding tert-OH is 1. The van der Waals surface area contributed by atoms with Crippen molar-refractivity contribution < 1.29 is 43.3 Å². The van der Waals surface area contributed by atoms with Gasteiger partial charge in [0, 0.05) is 39.1 Å². The summed E-state index contributed by atoms with van der Waals surface area (Å²) in [5.41, 5.74) is 8.81. The van der Waals surface area contributed by atoms with Crippen LogP contribution >= 0.6 is 11.3 Å². The monoisotopic (exact) mass is 1010 g/mol. The first-order chi connectivity index (χ1) is 35.2. The number of carbonyl (C=O) groups is 3. The lowest BCUT2D eigenvalue weighted by Crippen LogP contribution is -2.51. The summed E-state index contributed by atoms with van der Waals surface area (Å²) < 4.78 is 23.3. The van der Waals surface area contributed by atoms with E-state index in [1.807, 2.05) is 105 Å². The van der Waals surface area contributed by atoms with Crippen LogP contribution < -0.4 is 14.8 Å². The molecule has 4 atom stereocenters. The van der Waals surface area contributed by atoms with E-state index in [1.165, 1.54) is 5.57 Å². The van der Waals surface area contributed by atoms with Crippen molar-refractivity contribution in [3.05, 3.63) is 148 Å². The maximum absolute atomic E-state index is 14.4. The van der Waals surface area contributed by atoms with Gasteiger partial charge in [-0.25, -0.2) is 4.98 Å². The second kappa shape index (κ2) is 23.6. The van der Waals surface area contributed by atoms with Crippen LogP contribution in [-0.4, -0.2) is 112 Å². The fourth-order valence-corrected chi connectivity index (χ4v) is 10.2. The molecule has 0 spiro atoms. The number of nitrogens with zero attached hydrogens (tertiary/aromatic N) is 5. The number of β-amino-alcohol motifs (C(OH)–C–C–N with tert-alkyl or cyclic N) is 1. The average Bonchev–Trinajstić information content (AvgIpc) is 4.20. The number of aromatic hydroxyl groups is 1. The van der Waals surface area contributed by atoms with E-state index in [4.69, 9.17) is 18.7 Å². The highest BCUT2D eigenvalue weighted by Gasteiger charge is 2.48. The number of aliphatic hydroxyl groups is 1. The van der Waals surface area contributed by atoms with Crippen molar-refractivity contribution in [2.75, 3.05) is 46.6 Å². The van der Waals surface area contributed by atoms with Gasteiger partial charge in [-0.15, -0.1) is 11.3 Å². The second-order valence-corrected chi connectivity index (χ2v) is 19.8. The Morgan fingerprint density at radius 1 is 0.932 bits per heavy atom. The number of phenolic OH excluding ortho intramolecular Hbond substituents is 1. The molecule has 0 radical (unpaired) electrons. The first kappa shape index (κ1) is 52.2. The summed E-state index contributed by atoms with van der Waals surface area (Å²) in [6, 6.07) is 34.2. The predicted molar refractivity (Wildman–Crippen MR) is 281 cm³/mol. The van der Waals surface area contributed by atoms with Crippen molar-refractivity contribution in [1.82, 2.24) is 25.3 Å². The van der Waals surface area contributed by atoms with Crippen molar-refractivity contribution in [2.45, 2.75) is 83.9 Å². The molecule has 16 heteroatoms. The Kier molecular flexibility index (Phi) is 16.9. The Morgan fingerprint density at radius 2 is 1.64 bits per heavy atom. The minimum absolute atomic E-state index is 0.0155. The van der Waals surface area contributed by atoms with Crippen molar-refractivity contribution in [3.8, 4) is 27.8 Å². The van der Waals surface area contributed by atoms with Gasteiger partial charge in [-0.2, -0.15) is 4.99 Å². The minimum Gasteiger partial charge on any atom is -0.508 e. The molecule has 0 saturated carbocycles. The smallest absolute Gasteiger partial charge is 0.277 e. The molecule has 0 unspecified atom stereocenters. The zero-order valence-corrected chi connectivity index (χ0v) is 43.1. The molecular formula is C57H64N6O9S. The molecule has 2 aromatic heterocycles. The van der Waals surface area contributed by atoms with Crippen molar-refractivity contribution in [2.24, 2.45) is 10.9 Å². The summed E-state index contributed by atoms with van der Waals surface area (Å²) in [6.45, 7) is 11.3. The van der Waals surface area contributed by atoms with Gasteiger partial charge < -0.3 is 44.1 Å². The van der Waals surface area contributed by atoms with Crippen LogP contribution in [0.4, 0.5) is 0 Å². The van der Waals surface area contributed by atoms with E-state index in [0.717, 1.165) is 50.4 Å². The molecule has 382 valence electrons. The summed E-state index contributed by atoms with van der Waals surface area (Å²) in [6.07, 6.45) is 1.07. The number of rotatable bonds is 22. The quantitative estimate of drug-likeness (QED) is 0.0433. The van der Waals surface area contributed by atoms with Gasteiger partial charge in [-0.05, 0) is 101 Å². The number of likely N-dealkylation sites (tertiary alicyclic amines) is 1. The molecule has 4 aromatic carbocycles. The molecule has 3 amide bonds. The van der Waals surface area contributed by atoms with Crippen LogP contribution in [-0.2, 0) is 24.7 Å². The highest BCUT2D eigenvalue weighted by atomic mass is 32.1.